The number of nitrogens with one attached hydrogen (secondary N) is 5. The maximum absolute atomic E-state index is 15.5. The van der Waals surface area contributed by atoms with Gasteiger partial charge in [-0.25, -0.2) is 17.8 Å². The monoisotopic (exact) mass is 868 g/mol. The number of imide groups is 2. The first-order chi connectivity index (χ1) is 29.5. The van der Waals surface area contributed by atoms with E-state index in [0.717, 1.165) is 10.5 Å². The molecule has 1 unspecified atom stereocenters. The summed E-state index contributed by atoms with van der Waals surface area (Å²) in [6, 6.07) is 15.4. The van der Waals surface area contributed by atoms with Crippen molar-refractivity contribution in [2.24, 2.45) is 0 Å². The molecule has 2 fully saturated rings. The van der Waals surface area contributed by atoms with E-state index in [4.69, 9.17) is 0 Å². The average Bonchev–Trinajstić information content (AvgIpc) is 3.46. The van der Waals surface area contributed by atoms with Crippen LogP contribution in [0.25, 0.3) is 0 Å². The number of hydrogen-bond acceptors (Lipinski definition) is 13. The van der Waals surface area contributed by atoms with Crippen LogP contribution in [0.5, 0.6) is 0 Å². The molecule has 3 aromatic carbocycles. The molecular weight excluding hydrogens is 820 g/mol. The number of rotatable bonds is 14. The number of aryl methyl sites for hydroxylation is 1. The lowest BCUT2D eigenvalue weighted by Crippen LogP contribution is -2.54. The van der Waals surface area contributed by atoms with E-state index in [1.165, 1.54) is 6.07 Å². The molecule has 1 atom stereocenters. The van der Waals surface area contributed by atoms with Crippen LogP contribution >= 0.6 is 0 Å². The van der Waals surface area contributed by atoms with Crippen molar-refractivity contribution in [1.29, 1.82) is 0 Å². The molecule has 62 heavy (non-hydrogen) atoms. The zero-order chi connectivity index (χ0) is 44.3. The molecule has 4 aromatic rings. The van der Waals surface area contributed by atoms with Gasteiger partial charge in [0, 0.05) is 74.4 Å². The highest BCUT2D eigenvalue weighted by molar-refractivity contribution is 7.94. The second-order valence-electron chi connectivity index (χ2n) is 16.4. The Kier molecular flexibility index (Phi) is 12.5. The van der Waals surface area contributed by atoms with Crippen LogP contribution in [0.3, 0.4) is 0 Å². The molecule has 0 radical (unpaired) electrons. The summed E-state index contributed by atoms with van der Waals surface area (Å²) in [6.45, 7) is 9.04. The SMILES string of the molecule is Cc1cnc(Nc2ccc(N3CCN(C(=O)CCCCNc4ccc5c(c4)C(=O)N(C4CCC(=O)NC4=O)C5=O)CC3)c(F)c2)nc1Nc1cccc(NS(=O)(=O)C(C)(C)C)c1. The summed E-state index contributed by atoms with van der Waals surface area (Å²) < 4.78 is 42.5. The normalized spacial score (nSPS) is 16.9. The molecule has 19 heteroatoms. The highest BCUT2D eigenvalue weighted by Crippen LogP contribution is 2.31. The standard InChI is InChI=1S/C43H49FN10O7S/c1-26-25-46-42(50-38(26)47-28-8-7-9-30(22-28)51-62(60,61)43(2,3)4)48-29-12-14-34(33(44)24-29)52-18-20-53(21-19-52)37(56)10-5-6-17-45-27-11-13-31-32(23-27)41(59)54(40(31)58)35-15-16-36(55)49-39(35)57/h7-9,11-14,22-25,35,45,51H,5-6,10,15-21H2,1-4H3,(H,49,55,57)(H2,46,47,48,50). The van der Waals surface area contributed by atoms with Crippen LogP contribution in [0.4, 0.5) is 44.6 Å². The van der Waals surface area contributed by atoms with Gasteiger partial charge in [0.05, 0.1) is 27.2 Å². The molecule has 1 aromatic heterocycles. The van der Waals surface area contributed by atoms with Crippen molar-refractivity contribution < 1.29 is 36.8 Å². The van der Waals surface area contributed by atoms with Crippen LogP contribution in [0.1, 0.15) is 79.2 Å². The van der Waals surface area contributed by atoms with Gasteiger partial charge in [0.15, 0.2) is 0 Å². The second kappa shape index (κ2) is 17.8. The van der Waals surface area contributed by atoms with Gasteiger partial charge in [-0.1, -0.05) is 6.07 Å². The first kappa shape index (κ1) is 43.5. The van der Waals surface area contributed by atoms with E-state index in [-0.39, 0.29) is 35.8 Å². The van der Waals surface area contributed by atoms with Crippen molar-refractivity contribution >= 4 is 79.8 Å². The molecule has 0 saturated carbocycles. The van der Waals surface area contributed by atoms with Crippen molar-refractivity contribution in [3.8, 4) is 0 Å². The first-order valence-corrected chi connectivity index (χ1v) is 21.9. The third-order valence-electron chi connectivity index (χ3n) is 10.9. The van der Waals surface area contributed by atoms with Gasteiger partial charge in [0.2, 0.25) is 33.7 Å². The molecule has 2 saturated heterocycles. The van der Waals surface area contributed by atoms with Crippen LogP contribution in [-0.2, 0) is 24.4 Å². The number of sulfonamides is 1. The Morgan fingerprint density at radius 1 is 0.871 bits per heavy atom. The Morgan fingerprint density at radius 2 is 1.58 bits per heavy atom. The largest absolute Gasteiger partial charge is 0.385 e. The molecule has 7 rings (SSSR count). The Labute approximate surface area is 358 Å². The molecule has 3 aliphatic rings. The number of anilines is 7. The van der Waals surface area contributed by atoms with Gasteiger partial charge in [-0.05, 0) is 102 Å². The van der Waals surface area contributed by atoms with E-state index in [1.807, 2.05) is 11.8 Å². The highest BCUT2D eigenvalue weighted by atomic mass is 32.2. The number of amides is 5. The summed E-state index contributed by atoms with van der Waals surface area (Å²) >= 11 is 0. The summed E-state index contributed by atoms with van der Waals surface area (Å²) in [6.07, 6.45) is 3.40. The first-order valence-electron chi connectivity index (χ1n) is 20.4. The van der Waals surface area contributed by atoms with Gasteiger partial charge in [0.1, 0.15) is 17.7 Å². The number of carbonyl (C=O) groups is 5. The molecule has 0 bridgehead atoms. The van der Waals surface area contributed by atoms with Crippen molar-refractivity contribution in [3.63, 3.8) is 0 Å². The lowest BCUT2D eigenvalue weighted by atomic mass is 10.0. The molecule has 0 aliphatic carbocycles. The summed E-state index contributed by atoms with van der Waals surface area (Å²) in [4.78, 5) is 76.5. The van der Waals surface area contributed by atoms with Gasteiger partial charge < -0.3 is 25.8 Å². The Bertz CT molecular complexity index is 2540. The highest BCUT2D eigenvalue weighted by Gasteiger charge is 2.44. The fourth-order valence-corrected chi connectivity index (χ4v) is 8.02. The van der Waals surface area contributed by atoms with E-state index in [1.54, 1.807) is 86.5 Å². The molecule has 0 spiro atoms. The van der Waals surface area contributed by atoms with E-state index in [0.29, 0.717) is 86.2 Å². The predicted molar refractivity (Wildman–Crippen MR) is 233 cm³/mol. The minimum atomic E-state index is -3.62. The number of aromatic nitrogens is 2. The van der Waals surface area contributed by atoms with Crippen LogP contribution in [-0.4, -0.2) is 101 Å². The smallest absolute Gasteiger partial charge is 0.262 e. The maximum Gasteiger partial charge on any atom is 0.262 e. The Balaban J connectivity index is 0.850. The zero-order valence-corrected chi connectivity index (χ0v) is 35.7. The number of piperazine rings is 1. The molecule has 3 aliphatic heterocycles. The van der Waals surface area contributed by atoms with Gasteiger partial charge in [-0.2, -0.15) is 4.98 Å². The lowest BCUT2D eigenvalue weighted by molar-refractivity contribution is -0.136. The van der Waals surface area contributed by atoms with E-state index >= 15 is 4.39 Å². The van der Waals surface area contributed by atoms with Crippen molar-refractivity contribution in [1.82, 2.24) is 25.1 Å². The number of unbranched alkanes of at least 4 members (excludes halogenated alkanes) is 1. The van der Waals surface area contributed by atoms with Gasteiger partial charge in [0.25, 0.3) is 11.8 Å². The van der Waals surface area contributed by atoms with E-state index in [9.17, 15) is 32.4 Å². The Morgan fingerprint density at radius 3 is 2.31 bits per heavy atom. The summed E-state index contributed by atoms with van der Waals surface area (Å²) in [5.41, 5.74) is 3.64. The van der Waals surface area contributed by atoms with Gasteiger partial charge in [-0.3, -0.25) is 38.9 Å². The minimum Gasteiger partial charge on any atom is -0.385 e. The summed E-state index contributed by atoms with van der Waals surface area (Å²) in [7, 11) is -3.62. The third-order valence-corrected chi connectivity index (χ3v) is 13.0. The third kappa shape index (κ3) is 9.62. The minimum absolute atomic E-state index is 0.0182. The average molecular weight is 869 g/mol. The van der Waals surface area contributed by atoms with Crippen molar-refractivity contribution in [2.75, 3.05) is 58.3 Å². The molecule has 5 amide bonds. The lowest BCUT2D eigenvalue weighted by Gasteiger charge is -2.36. The van der Waals surface area contributed by atoms with Crippen LogP contribution in [0.2, 0.25) is 0 Å². The van der Waals surface area contributed by atoms with Crippen LogP contribution < -0.4 is 30.9 Å². The summed E-state index contributed by atoms with van der Waals surface area (Å²) in [5.74, 6) is -1.93. The van der Waals surface area contributed by atoms with E-state index < -0.39 is 50.3 Å². The fraction of sp³-hybridized carbons (Fsp3) is 0.372. The van der Waals surface area contributed by atoms with Crippen LogP contribution in [0.15, 0.2) is 66.9 Å². The number of fused-ring (bicyclic) bond motifs is 1. The van der Waals surface area contributed by atoms with Gasteiger partial charge in [-0.15, -0.1) is 0 Å². The topological polar surface area (TPSA) is 215 Å². The quantitative estimate of drug-likeness (QED) is 0.0807. The predicted octanol–water partition coefficient (Wildman–Crippen LogP) is 5.28. The van der Waals surface area contributed by atoms with Crippen molar-refractivity contribution in [3.05, 3.63) is 89.4 Å². The van der Waals surface area contributed by atoms with Gasteiger partial charge >= 0.3 is 0 Å². The fourth-order valence-electron chi connectivity index (χ4n) is 7.27. The molecule has 5 N–H and O–H groups in total. The second-order valence-corrected chi connectivity index (χ2v) is 18.8. The van der Waals surface area contributed by atoms with Crippen LogP contribution in [0, 0.1) is 12.7 Å². The zero-order valence-electron chi connectivity index (χ0n) is 34.9. The maximum atomic E-state index is 15.5. The number of benzene rings is 3. The molecular formula is C43H49FN10O7S. The number of hydrogen-bond donors (Lipinski definition) is 5. The number of carbonyl (C=O) groups excluding carboxylic acids is 5. The molecule has 4 heterocycles. The molecule has 326 valence electrons. The Hall–Kier alpha value is -6.63. The number of nitrogens with zero attached hydrogens (tertiary/aromatic N) is 5. The molecule has 17 nitrogen and oxygen atoms in total. The number of halogens is 1. The van der Waals surface area contributed by atoms with Crippen molar-refractivity contribution in [2.45, 2.75) is 70.6 Å². The number of piperidine rings is 1. The van der Waals surface area contributed by atoms with E-state index in [2.05, 4.69) is 36.0 Å². The summed E-state index contributed by atoms with van der Waals surface area (Å²) in [5, 5.41) is 11.7.